The predicted molar refractivity (Wildman–Crippen MR) is 237 cm³/mol. The number of hydrogen-bond acceptors (Lipinski definition) is 13. The Kier molecular flexibility index (Phi) is 10.5. The first-order valence-corrected chi connectivity index (χ1v) is 21.5. The second kappa shape index (κ2) is 16.4. The zero-order valence-corrected chi connectivity index (χ0v) is 35.9. The van der Waals surface area contributed by atoms with Crippen LogP contribution < -0.4 is 37.5 Å². The van der Waals surface area contributed by atoms with E-state index < -0.39 is 29.5 Å². The van der Waals surface area contributed by atoms with E-state index in [0.29, 0.717) is 43.1 Å². The van der Waals surface area contributed by atoms with Gasteiger partial charge in [0.25, 0.3) is 23.5 Å². The van der Waals surface area contributed by atoms with Crippen molar-refractivity contribution in [1.29, 1.82) is 0 Å². The number of imide groups is 1. The number of hydrazine groups is 1. The molecule has 22 heteroatoms. The van der Waals surface area contributed by atoms with Crippen LogP contribution in [0.1, 0.15) is 58.9 Å². The molecule has 0 radical (unpaired) electrons. The van der Waals surface area contributed by atoms with E-state index in [1.807, 2.05) is 18.2 Å². The van der Waals surface area contributed by atoms with Crippen molar-refractivity contribution in [1.82, 2.24) is 53.9 Å². The molecule has 1 atom stereocenters. The number of hydrogen-bond donors (Lipinski definition) is 4. The van der Waals surface area contributed by atoms with Crippen molar-refractivity contribution < 1.29 is 28.0 Å². The van der Waals surface area contributed by atoms with Gasteiger partial charge in [-0.3, -0.25) is 48.4 Å². The minimum Gasteiger partial charge on any atom is -0.373 e. The van der Waals surface area contributed by atoms with Crippen LogP contribution in [0.5, 0.6) is 0 Å². The van der Waals surface area contributed by atoms with Crippen LogP contribution >= 0.6 is 0 Å². The van der Waals surface area contributed by atoms with Gasteiger partial charge in [0.2, 0.25) is 11.8 Å². The molecule has 1 unspecified atom stereocenters. The van der Waals surface area contributed by atoms with Crippen LogP contribution in [0.2, 0.25) is 0 Å². The minimum atomic E-state index is -1.75. The van der Waals surface area contributed by atoms with Crippen molar-refractivity contribution in [3.63, 3.8) is 0 Å². The number of aromatic nitrogens is 7. The van der Waals surface area contributed by atoms with Crippen molar-refractivity contribution >= 4 is 63.3 Å². The van der Waals surface area contributed by atoms with Crippen LogP contribution in [0.4, 0.5) is 31.8 Å². The Hall–Kier alpha value is -7.75. The highest BCUT2D eigenvalue weighted by Gasteiger charge is 2.47. The van der Waals surface area contributed by atoms with Gasteiger partial charge >= 0.3 is 5.69 Å². The van der Waals surface area contributed by atoms with Crippen LogP contribution in [-0.4, -0.2) is 113 Å². The maximum atomic E-state index is 13.8. The molecule has 5 aromatic heterocycles. The fourth-order valence-corrected chi connectivity index (χ4v) is 9.57. The molecule has 4 fully saturated rings. The number of imidazole rings is 1. The molecular weight excluding hydrogens is 859 g/mol. The zero-order chi connectivity index (χ0) is 46.0. The van der Waals surface area contributed by atoms with Gasteiger partial charge in [-0.15, -0.1) is 0 Å². The maximum absolute atomic E-state index is 13.8. The number of halogens is 2. The minimum absolute atomic E-state index is 0.0349. The van der Waals surface area contributed by atoms with Crippen molar-refractivity contribution in [2.24, 2.45) is 12.5 Å². The van der Waals surface area contributed by atoms with Crippen LogP contribution in [0, 0.1) is 5.41 Å². The van der Waals surface area contributed by atoms with Crippen LogP contribution in [-0.2, 0) is 16.6 Å². The molecule has 4 N–H and O–H groups in total. The van der Waals surface area contributed by atoms with Crippen molar-refractivity contribution in [2.75, 3.05) is 61.8 Å². The van der Waals surface area contributed by atoms with Crippen molar-refractivity contribution in [2.45, 2.75) is 38.1 Å². The van der Waals surface area contributed by atoms with Crippen LogP contribution in [0.25, 0.3) is 22.5 Å². The fraction of sp³-hybridized carbons (Fsp3) is 0.341. The Morgan fingerprint density at radius 2 is 1.76 bits per heavy atom. The van der Waals surface area contributed by atoms with Gasteiger partial charge in [0.1, 0.15) is 34.7 Å². The lowest BCUT2D eigenvalue weighted by atomic mass is 9.71. The van der Waals surface area contributed by atoms with Crippen molar-refractivity contribution in [3.05, 3.63) is 111 Å². The second-order valence-electron chi connectivity index (χ2n) is 17.1. The van der Waals surface area contributed by atoms with Gasteiger partial charge in [-0.05, 0) is 62.1 Å². The summed E-state index contributed by atoms with van der Waals surface area (Å²) in [4.78, 5) is 91.8. The lowest BCUT2D eigenvalue weighted by Gasteiger charge is -2.54. The highest BCUT2D eigenvalue weighted by molar-refractivity contribution is 6.01. The number of fused-ring (bicyclic) bond motifs is 2. The second-order valence-corrected chi connectivity index (χ2v) is 17.1. The number of benzene rings is 1. The van der Waals surface area contributed by atoms with Crippen LogP contribution in [0.15, 0.2) is 88.4 Å². The highest BCUT2D eigenvalue weighted by Crippen LogP contribution is 2.43. The van der Waals surface area contributed by atoms with Gasteiger partial charge in [-0.25, -0.2) is 19.8 Å². The average Bonchev–Trinajstić information content (AvgIpc) is 4.02. The summed E-state index contributed by atoms with van der Waals surface area (Å²) in [5.74, 6) is -0.597. The van der Waals surface area contributed by atoms with E-state index in [1.54, 1.807) is 60.1 Å². The molecule has 340 valence electrons. The Labute approximate surface area is 373 Å². The SMILES string of the molecule is CNc1cc(Nc2cccn(-c3ccc(C(=O)N4CC5(CCN(c6cccc7c6n(C)c(=O)n7C6CCC(=O)NC6=O)CC5)C4)cn3)c2=O)nc2c(C(=O)NN3CCC(=C(F)F)C3)cnn12. The molecule has 4 aliphatic heterocycles. The quantitative estimate of drug-likeness (QED) is 0.154. The molecule has 4 aliphatic rings. The normalized spacial score (nSPS) is 18.5. The van der Waals surface area contributed by atoms with E-state index >= 15 is 0 Å². The topological polar surface area (TPSA) is 218 Å². The molecule has 9 heterocycles. The summed E-state index contributed by atoms with van der Waals surface area (Å²) in [5.41, 5.74) is 4.85. The summed E-state index contributed by atoms with van der Waals surface area (Å²) in [5, 5.41) is 14.1. The Balaban J connectivity index is 0.788. The van der Waals surface area contributed by atoms with Crippen LogP contribution in [0.3, 0.4) is 0 Å². The maximum Gasteiger partial charge on any atom is 0.329 e. The summed E-state index contributed by atoms with van der Waals surface area (Å²) in [6.07, 6.45) is 4.82. The number of amides is 4. The van der Waals surface area contributed by atoms with E-state index in [2.05, 4.69) is 41.3 Å². The van der Waals surface area contributed by atoms with Gasteiger partial charge in [-0.1, -0.05) is 6.07 Å². The molecule has 10 rings (SSSR count). The summed E-state index contributed by atoms with van der Waals surface area (Å²) < 4.78 is 32.0. The first kappa shape index (κ1) is 42.2. The molecular formula is C44H44F2N14O6. The third-order valence-electron chi connectivity index (χ3n) is 13.1. The van der Waals surface area contributed by atoms with E-state index in [-0.39, 0.29) is 89.4 Å². The molecule has 66 heavy (non-hydrogen) atoms. The molecule has 20 nitrogen and oxygen atoms in total. The third kappa shape index (κ3) is 7.31. The monoisotopic (exact) mass is 902 g/mol. The fourth-order valence-electron chi connectivity index (χ4n) is 9.57. The van der Waals surface area contributed by atoms with Crippen molar-refractivity contribution in [3.8, 4) is 5.82 Å². The number of para-hydroxylation sites is 1. The number of likely N-dealkylation sites (tertiary alicyclic amines) is 1. The highest BCUT2D eigenvalue weighted by atomic mass is 19.3. The van der Waals surface area contributed by atoms with E-state index in [4.69, 9.17) is 0 Å². The van der Waals surface area contributed by atoms with Gasteiger partial charge in [0.05, 0.1) is 28.5 Å². The number of nitrogens with zero attached hydrogens (tertiary/aromatic N) is 10. The number of aryl methyl sites for hydroxylation is 1. The molecule has 1 aromatic carbocycles. The molecule has 6 aromatic rings. The third-order valence-corrected chi connectivity index (χ3v) is 13.1. The van der Waals surface area contributed by atoms with Gasteiger partial charge < -0.3 is 20.4 Å². The first-order valence-electron chi connectivity index (χ1n) is 21.5. The first-order chi connectivity index (χ1) is 31.8. The zero-order valence-electron chi connectivity index (χ0n) is 35.9. The van der Waals surface area contributed by atoms with E-state index in [9.17, 15) is 37.5 Å². The summed E-state index contributed by atoms with van der Waals surface area (Å²) in [6, 6.07) is 13.0. The Morgan fingerprint density at radius 3 is 2.47 bits per heavy atom. The average molecular weight is 903 g/mol. The number of piperidine rings is 2. The summed E-state index contributed by atoms with van der Waals surface area (Å²) >= 11 is 0. The lowest BCUT2D eigenvalue weighted by molar-refractivity contribution is -0.135. The molecule has 4 amide bonds. The van der Waals surface area contributed by atoms with E-state index in [1.165, 1.54) is 31.1 Å². The number of nitrogens with one attached hydrogen (secondary N) is 4. The molecule has 4 saturated heterocycles. The van der Waals surface area contributed by atoms with Gasteiger partial charge in [0, 0.05) is 89.2 Å². The number of anilines is 4. The predicted octanol–water partition coefficient (Wildman–Crippen LogP) is 2.94. The summed E-state index contributed by atoms with van der Waals surface area (Å²) in [6.45, 7) is 2.74. The Morgan fingerprint density at radius 1 is 0.955 bits per heavy atom. The molecule has 0 bridgehead atoms. The number of carbonyl (C=O) groups is 4. The van der Waals surface area contributed by atoms with Gasteiger partial charge in [0.15, 0.2) is 5.65 Å². The smallest absolute Gasteiger partial charge is 0.329 e. The summed E-state index contributed by atoms with van der Waals surface area (Å²) in [7, 11) is 3.36. The standard InChI is InChI=1S/C44H44F2N14O6/c1-47-34-19-32(51-38-27(21-49-60(34)38)39(62)53-57-16-12-26(22-57)37(45)46)50-28-5-4-15-58(42(28)65)33-10-8-25(20-48-33)41(64)56-23-44(24-56)13-17-55(18-14-44)29-6-3-7-30-36(29)54(2)43(66)59(30)31-9-11-35(61)52-40(31)63/h3-8,10,15,19-21,31,47H,9,11-14,16-18,22-24H2,1-2H3,(H,50,51)(H,53,62)(H,52,61,63). The number of carbonyl (C=O) groups excluding carboxylic acids is 4. The molecule has 1 spiro atoms. The number of pyridine rings is 2. The van der Waals surface area contributed by atoms with Gasteiger partial charge in [-0.2, -0.15) is 18.4 Å². The number of rotatable bonds is 9. The largest absolute Gasteiger partial charge is 0.373 e. The molecule has 0 aliphatic carbocycles. The lowest BCUT2D eigenvalue weighted by Crippen LogP contribution is -2.62. The Bertz CT molecular complexity index is 3140. The molecule has 0 saturated carbocycles. The van der Waals surface area contributed by atoms with E-state index in [0.717, 1.165) is 24.0 Å².